The van der Waals surface area contributed by atoms with Gasteiger partial charge in [0.2, 0.25) is 0 Å². The highest BCUT2D eigenvalue weighted by molar-refractivity contribution is 5.89. The molecule has 0 fully saturated rings. The van der Waals surface area contributed by atoms with E-state index in [0.29, 0.717) is 62.5 Å². The zero-order valence-corrected chi connectivity index (χ0v) is 67.4. The number of hydrogen-bond donors (Lipinski definition) is 7. The van der Waals surface area contributed by atoms with E-state index in [9.17, 15) is 29.7 Å². The topological polar surface area (TPSA) is 285 Å². The van der Waals surface area contributed by atoms with Gasteiger partial charge in [-0.1, -0.05) is 238 Å². The van der Waals surface area contributed by atoms with Crippen molar-refractivity contribution < 1.29 is 97.5 Å². The SMILES string of the molecule is C=C(C)C(=O)OCC(COC(=O)C(=C)C)Oc1ccc(-c2ccc(OC(=O)C(=C)C)cc2)cc1.OC(COCc1ccccc1)COCc1ccccc1.OCC(CO)Oc1ccc(-c2ccc(O)cc2)cc1.Oc1ccc(-c2ccc(O)cc2)cc1.Oc1ccc(-c2ccc(OC(COCc3ccccc3)COCc3ccccc3)cc2)cc1. The van der Waals surface area contributed by atoms with E-state index < -0.39 is 36.2 Å². The molecular formula is C100H102O20. The summed E-state index contributed by atoms with van der Waals surface area (Å²) < 4.78 is 55.8. The minimum Gasteiger partial charge on any atom is -0.508 e. The molecule has 20 nitrogen and oxygen atoms in total. The van der Waals surface area contributed by atoms with Crippen LogP contribution in [0.1, 0.15) is 43.0 Å². The number of carbonyl (C=O) groups is 3. The first kappa shape index (κ1) is 92.1. The Hall–Kier alpha value is -13.4. The molecule has 12 rings (SSSR count). The van der Waals surface area contributed by atoms with Crippen LogP contribution < -0.4 is 18.9 Å². The molecule has 12 aromatic rings. The molecule has 0 unspecified atom stereocenters. The van der Waals surface area contributed by atoms with Gasteiger partial charge in [-0.15, -0.1) is 0 Å². The molecule has 622 valence electrons. The average Bonchev–Trinajstić information content (AvgIpc) is 0.861. The third kappa shape index (κ3) is 34.4. The summed E-state index contributed by atoms with van der Waals surface area (Å²) >= 11 is 0. The van der Waals surface area contributed by atoms with Crippen molar-refractivity contribution in [3.8, 4) is 90.5 Å². The maximum atomic E-state index is 11.7. The minimum absolute atomic E-state index is 0.124. The molecule has 0 atom stereocenters. The Kier molecular flexibility index (Phi) is 39.1. The number of phenolic OH excluding ortho intramolecular Hbond substituents is 4. The Balaban J connectivity index is 0.000000193. The summed E-state index contributed by atoms with van der Waals surface area (Å²) in [6, 6.07) is 97.5. The summed E-state index contributed by atoms with van der Waals surface area (Å²) in [6.07, 6.45) is -2.15. The van der Waals surface area contributed by atoms with E-state index in [4.69, 9.17) is 67.8 Å². The van der Waals surface area contributed by atoms with E-state index in [1.165, 1.54) is 13.8 Å². The standard InChI is InChI=1S/C29H28O4.C27H28O7.C17H20O3.C15H16O4.C12H10O2/c30-27-15-11-25(12-16-27)26-13-17-28(18-14-26)33-29(21-31-19-23-7-3-1-4-8-23)22-32-20-24-9-5-2-6-10-24;1-17(2)25(28)31-15-24(16-32-26(29)18(3)4)33-22-11-7-20(8-12-22)21-9-13-23(14-10-21)34-27(30)19(5)6;18-17(13-19-11-15-7-3-1-4-8-15)14-20-12-16-9-5-2-6-10-16;16-9-15(10-17)19-14-7-3-12(4-8-14)11-1-5-13(18)6-2-11;13-11-5-1-9(2-6-11)10-3-7-12(14)8-4-10/h1-18,29-30H,19-22H2;7-14,24H,1,3,5,15-16H2,2,4,6H3;1-10,17-18H,11-14H2;1-8,15-18H,9-10H2;1-8,13-14H. The maximum absolute atomic E-state index is 11.7. The minimum atomic E-state index is -0.722. The fraction of sp³-hybridized carbons (Fsp3) is 0.190. The average molecular weight is 1620 g/mol. The van der Waals surface area contributed by atoms with Crippen molar-refractivity contribution in [3.05, 3.63) is 374 Å². The van der Waals surface area contributed by atoms with Crippen LogP contribution >= 0.6 is 0 Å². The molecule has 0 aliphatic carbocycles. The molecule has 0 aromatic heterocycles. The molecule has 7 N–H and O–H groups in total. The van der Waals surface area contributed by atoms with Gasteiger partial charge in [-0.25, -0.2) is 14.4 Å². The molecule has 0 aliphatic heterocycles. The molecule has 0 aliphatic rings. The number of esters is 3. The van der Waals surface area contributed by atoms with Crippen molar-refractivity contribution in [2.24, 2.45) is 0 Å². The van der Waals surface area contributed by atoms with Crippen molar-refractivity contribution in [2.75, 3.05) is 52.9 Å². The van der Waals surface area contributed by atoms with Gasteiger partial charge in [-0.2, -0.15) is 0 Å². The van der Waals surface area contributed by atoms with Crippen LogP contribution in [0.2, 0.25) is 0 Å². The van der Waals surface area contributed by atoms with E-state index >= 15 is 0 Å². The number of aliphatic hydroxyl groups is 3. The molecule has 120 heavy (non-hydrogen) atoms. The van der Waals surface area contributed by atoms with Gasteiger partial charge >= 0.3 is 17.9 Å². The number of hydrogen-bond acceptors (Lipinski definition) is 20. The lowest BCUT2D eigenvalue weighted by Crippen LogP contribution is -2.31. The number of rotatable bonds is 36. The van der Waals surface area contributed by atoms with Crippen LogP contribution in [0.25, 0.3) is 44.5 Å². The molecule has 0 saturated carbocycles. The number of ether oxygens (including phenoxy) is 10. The van der Waals surface area contributed by atoms with Crippen LogP contribution in [-0.4, -0.2) is 131 Å². The van der Waals surface area contributed by atoms with Crippen LogP contribution in [0.5, 0.6) is 46.0 Å². The fourth-order valence-corrected chi connectivity index (χ4v) is 10.8. The lowest BCUT2D eigenvalue weighted by molar-refractivity contribution is -0.146. The number of benzene rings is 12. The van der Waals surface area contributed by atoms with Gasteiger partial charge in [0.1, 0.15) is 77.5 Å². The molecule has 0 saturated heterocycles. The van der Waals surface area contributed by atoms with Gasteiger partial charge in [0.05, 0.1) is 66.1 Å². The second-order valence-electron chi connectivity index (χ2n) is 27.5. The Bertz CT molecular complexity index is 4810. The lowest BCUT2D eigenvalue weighted by atomic mass is 10.1. The normalized spacial score (nSPS) is 10.6. The summed E-state index contributed by atoms with van der Waals surface area (Å²) in [5.41, 5.74) is 13.2. The first-order valence-electron chi connectivity index (χ1n) is 38.6. The van der Waals surface area contributed by atoms with Gasteiger partial charge in [0.15, 0.2) is 6.10 Å². The van der Waals surface area contributed by atoms with Gasteiger partial charge in [-0.3, -0.25) is 0 Å². The van der Waals surface area contributed by atoms with E-state index in [1.54, 1.807) is 91.9 Å². The second-order valence-corrected chi connectivity index (χ2v) is 27.5. The monoisotopic (exact) mass is 1620 g/mol. The highest BCUT2D eigenvalue weighted by Gasteiger charge is 2.19. The summed E-state index contributed by atoms with van der Waals surface area (Å²) in [7, 11) is 0. The molecule has 20 heteroatoms. The third-order valence-corrected chi connectivity index (χ3v) is 17.3. The highest BCUT2D eigenvalue weighted by Crippen LogP contribution is 2.30. The molecule has 0 radical (unpaired) electrons. The Morgan fingerprint density at radius 2 is 0.492 bits per heavy atom. The molecule has 0 amide bonds. The lowest BCUT2D eigenvalue weighted by Gasteiger charge is -2.20. The summed E-state index contributed by atoms with van der Waals surface area (Å²) in [5.74, 6) is 1.67. The molecular weight excluding hydrogens is 1520 g/mol. The van der Waals surface area contributed by atoms with Crippen LogP contribution in [-0.2, 0) is 69.2 Å². The highest BCUT2D eigenvalue weighted by atomic mass is 16.6. The zero-order chi connectivity index (χ0) is 85.6. The zero-order valence-electron chi connectivity index (χ0n) is 67.4. The largest absolute Gasteiger partial charge is 0.508 e. The van der Waals surface area contributed by atoms with Crippen LogP contribution in [0.4, 0.5) is 0 Å². The first-order valence-corrected chi connectivity index (χ1v) is 38.6. The predicted octanol–water partition coefficient (Wildman–Crippen LogP) is 18.4. The van der Waals surface area contributed by atoms with Gasteiger partial charge in [0, 0.05) is 16.7 Å². The maximum Gasteiger partial charge on any atom is 0.338 e. The van der Waals surface area contributed by atoms with E-state index in [0.717, 1.165) is 72.5 Å². The molecule has 0 spiro atoms. The van der Waals surface area contributed by atoms with Crippen LogP contribution in [0.3, 0.4) is 0 Å². The summed E-state index contributed by atoms with van der Waals surface area (Å²) in [5, 5.41) is 64.6. The third-order valence-electron chi connectivity index (χ3n) is 17.3. The number of aromatic hydroxyl groups is 4. The quantitative estimate of drug-likeness (QED) is 0.0109. The smallest absolute Gasteiger partial charge is 0.338 e. The van der Waals surface area contributed by atoms with Crippen molar-refractivity contribution in [3.63, 3.8) is 0 Å². The van der Waals surface area contributed by atoms with Gasteiger partial charge in [-0.05, 0) is 185 Å². The van der Waals surface area contributed by atoms with Crippen LogP contribution in [0.15, 0.2) is 352 Å². The Labute approximate surface area is 700 Å². The second kappa shape index (κ2) is 50.9. The predicted molar refractivity (Wildman–Crippen MR) is 464 cm³/mol. The molecule has 0 bridgehead atoms. The number of aliphatic hydroxyl groups excluding tert-OH is 3. The van der Waals surface area contributed by atoms with Crippen molar-refractivity contribution in [1.29, 1.82) is 0 Å². The van der Waals surface area contributed by atoms with E-state index in [2.05, 4.69) is 19.7 Å². The number of phenols is 4. The van der Waals surface area contributed by atoms with Gasteiger partial charge in [0.25, 0.3) is 0 Å². The molecule has 12 aromatic carbocycles. The van der Waals surface area contributed by atoms with Crippen LogP contribution in [0, 0.1) is 0 Å². The van der Waals surface area contributed by atoms with Crippen molar-refractivity contribution in [2.45, 2.75) is 71.6 Å². The van der Waals surface area contributed by atoms with Crippen molar-refractivity contribution in [1.82, 2.24) is 0 Å². The first-order chi connectivity index (χ1) is 58.1. The van der Waals surface area contributed by atoms with E-state index in [-0.39, 0.29) is 79.9 Å². The summed E-state index contributed by atoms with van der Waals surface area (Å²) in [6.45, 7) is 18.1. The summed E-state index contributed by atoms with van der Waals surface area (Å²) in [4.78, 5) is 35.1. The Morgan fingerprint density at radius 3 is 0.733 bits per heavy atom. The Morgan fingerprint density at radius 1 is 0.275 bits per heavy atom. The van der Waals surface area contributed by atoms with Crippen molar-refractivity contribution >= 4 is 17.9 Å². The fourth-order valence-electron chi connectivity index (χ4n) is 10.8. The number of carbonyl (C=O) groups excluding carboxylic acids is 3. The molecule has 0 heterocycles. The van der Waals surface area contributed by atoms with Gasteiger partial charge < -0.3 is 83.1 Å². The van der Waals surface area contributed by atoms with E-state index in [1.807, 2.05) is 231 Å².